The van der Waals surface area contributed by atoms with Crippen LogP contribution in [0.1, 0.15) is 13.3 Å². The third-order valence-electron chi connectivity index (χ3n) is 3.75. The maximum Gasteiger partial charge on any atom is 0.245 e. The van der Waals surface area contributed by atoms with E-state index in [2.05, 4.69) is 6.92 Å². The molecule has 1 aromatic rings. The Balaban J connectivity index is 2.33. The van der Waals surface area contributed by atoms with Crippen LogP contribution < -0.4 is 5.73 Å². The maximum atomic E-state index is 12.7. The number of nitrogens with zero attached hydrogens (tertiary/aromatic N) is 1. The van der Waals surface area contributed by atoms with Crippen LogP contribution in [0.3, 0.4) is 0 Å². The minimum absolute atomic E-state index is 0.0643. The van der Waals surface area contributed by atoms with Crippen molar-refractivity contribution < 1.29 is 13.2 Å². The molecule has 20 heavy (non-hydrogen) atoms. The Hall–Kier alpha value is -0.820. The first-order valence-corrected chi connectivity index (χ1v) is 8.26. The topological polar surface area (TPSA) is 72.6 Å². The summed E-state index contributed by atoms with van der Waals surface area (Å²) in [5, 5.41) is 0.353. The molecule has 5 nitrogen and oxygen atoms in total. The van der Waals surface area contributed by atoms with Gasteiger partial charge in [-0.05, 0) is 30.5 Å². The summed E-state index contributed by atoms with van der Waals surface area (Å²) in [6.07, 6.45) is 0.664. The summed E-state index contributed by atoms with van der Waals surface area (Å²) < 4.78 is 32.1. The number of piperidine rings is 1. The number of rotatable bonds is 3. The van der Waals surface area contributed by atoms with Gasteiger partial charge in [0.25, 0.3) is 0 Å². The van der Waals surface area contributed by atoms with Crippen LogP contribution in [0, 0.1) is 5.92 Å². The van der Waals surface area contributed by atoms with E-state index < -0.39 is 10.0 Å². The van der Waals surface area contributed by atoms with Crippen molar-refractivity contribution in [2.24, 2.45) is 5.92 Å². The van der Waals surface area contributed by atoms with Crippen LogP contribution in [0.15, 0.2) is 23.1 Å². The minimum Gasteiger partial charge on any atom is -0.398 e. The largest absolute Gasteiger partial charge is 0.398 e. The molecule has 1 heterocycles. The molecule has 0 bridgehead atoms. The fraction of sp³-hybridized carbons (Fsp3) is 0.538. The number of sulfonamides is 1. The van der Waals surface area contributed by atoms with Crippen molar-refractivity contribution in [3.05, 3.63) is 23.2 Å². The number of halogens is 1. The van der Waals surface area contributed by atoms with Crippen LogP contribution in [0.2, 0.25) is 5.02 Å². The van der Waals surface area contributed by atoms with Gasteiger partial charge >= 0.3 is 0 Å². The summed E-state index contributed by atoms with van der Waals surface area (Å²) in [7, 11) is -2.04. The molecule has 1 aliphatic heterocycles. The predicted octanol–water partition coefficient (Wildman–Crippen LogP) is 1.97. The molecule has 0 saturated carbocycles. The smallest absolute Gasteiger partial charge is 0.245 e. The molecule has 2 N–H and O–H groups in total. The summed E-state index contributed by atoms with van der Waals surface area (Å²) in [6, 6.07) is 4.48. The Labute approximate surface area is 124 Å². The van der Waals surface area contributed by atoms with Crippen LogP contribution in [0.5, 0.6) is 0 Å². The van der Waals surface area contributed by atoms with Gasteiger partial charge in [-0.3, -0.25) is 0 Å². The highest BCUT2D eigenvalue weighted by Gasteiger charge is 2.34. The third kappa shape index (κ3) is 2.93. The number of methoxy groups -OCH3 is 1. The Morgan fingerprint density at radius 3 is 2.80 bits per heavy atom. The predicted molar refractivity (Wildman–Crippen MR) is 79.2 cm³/mol. The lowest BCUT2D eigenvalue weighted by atomic mass is 9.97. The Morgan fingerprint density at radius 1 is 1.45 bits per heavy atom. The number of nitrogen functional groups attached to an aromatic ring is 1. The van der Waals surface area contributed by atoms with Crippen LogP contribution in [0.25, 0.3) is 0 Å². The molecule has 2 unspecified atom stereocenters. The van der Waals surface area contributed by atoms with Crippen molar-refractivity contribution in [2.45, 2.75) is 24.3 Å². The second-order valence-corrected chi connectivity index (χ2v) is 7.43. The number of ether oxygens (including phenoxy) is 1. The van der Waals surface area contributed by atoms with Gasteiger partial charge in [-0.1, -0.05) is 18.5 Å². The van der Waals surface area contributed by atoms with E-state index in [9.17, 15) is 8.42 Å². The number of anilines is 1. The normalized spacial score (nSPS) is 24.8. The van der Waals surface area contributed by atoms with Gasteiger partial charge in [0.15, 0.2) is 0 Å². The first-order valence-electron chi connectivity index (χ1n) is 6.44. The standard InChI is InChI=1S/C13H19ClN2O3S/c1-9-5-6-16(8-12(9)19-2)20(17,18)13-7-10(14)3-4-11(13)15/h3-4,7,9,12H,5-6,8,15H2,1-2H3. The highest BCUT2D eigenvalue weighted by molar-refractivity contribution is 7.89. The van der Waals surface area contributed by atoms with Crippen molar-refractivity contribution in [1.82, 2.24) is 4.31 Å². The molecule has 1 saturated heterocycles. The minimum atomic E-state index is -3.64. The molecule has 1 aromatic carbocycles. The molecule has 0 spiro atoms. The average molecular weight is 319 g/mol. The van der Waals surface area contributed by atoms with E-state index in [1.54, 1.807) is 13.2 Å². The van der Waals surface area contributed by atoms with E-state index in [-0.39, 0.29) is 16.7 Å². The second kappa shape index (κ2) is 5.89. The molecule has 1 fully saturated rings. The van der Waals surface area contributed by atoms with Gasteiger partial charge in [-0.2, -0.15) is 4.31 Å². The highest BCUT2D eigenvalue weighted by Crippen LogP contribution is 2.29. The van der Waals surface area contributed by atoms with E-state index in [0.29, 0.717) is 24.0 Å². The fourth-order valence-electron chi connectivity index (χ4n) is 2.40. The summed E-state index contributed by atoms with van der Waals surface area (Å²) in [6.45, 7) is 2.87. The van der Waals surface area contributed by atoms with Gasteiger partial charge in [-0.25, -0.2) is 8.42 Å². The average Bonchev–Trinajstić information content (AvgIpc) is 2.41. The van der Waals surface area contributed by atoms with Crippen LogP contribution in [-0.2, 0) is 14.8 Å². The fourth-order valence-corrected chi connectivity index (χ4v) is 4.25. The monoisotopic (exact) mass is 318 g/mol. The van der Waals surface area contributed by atoms with E-state index in [1.165, 1.54) is 16.4 Å². The lowest BCUT2D eigenvalue weighted by Crippen LogP contribution is -2.46. The summed E-state index contributed by atoms with van der Waals surface area (Å²) in [5.41, 5.74) is 5.99. The summed E-state index contributed by atoms with van der Waals surface area (Å²) in [4.78, 5) is 0.0643. The molecule has 0 amide bonds. The quantitative estimate of drug-likeness (QED) is 0.865. The SMILES string of the molecule is COC1CN(S(=O)(=O)c2cc(Cl)ccc2N)CCC1C. The van der Waals surface area contributed by atoms with Crippen LogP contribution in [-0.4, -0.2) is 39.0 Å². The first kappa shape index (κ1) is 15.6. The van der Waals surface area contributed by atoms with Gasteiger partial charge < -0.3 is 10.5 Å². The van der Waals surface area contributed by atoms with E-state index in [1.807, 2.05) is 0 Å². The van der Waals surface area contributed by atoms with Crippen molar-refractivity contribution in [2.75, 3.05) is 25.9 Å². The first-order chi connectivity index (χ1) is 9.36. The molecular formula is C13H19ClN2O3S. The highest BCUT2D eigenvalue weighted by atomic mass is 35.5. The zero-order chi connectivity index (χ0) is 14.9. The maximum absolute atomic E-state index is 12.7. The second-order valence-electron chi connectivity index (χ2n) is 5.09. The molecule has 0 aromatic heterocycles. The van der Waals surface area contributed by atoms with Crippen molar-refractivity contribution in [1.29, 1.82) is 0 Å². The lowest BCUT2D eigenvalue weighted by Gasteiger charge is -2.35. The molecular weight excluding hydrogens is 300 g/mol. The zero-order valence-corrected chi connectivity index (χ0v) is 13.1. The van der Waals surface area contributed by atoms with Gasteiger partial charge in [0.2, 0.25) is 10.0 Å². The third-order valence-corrected chi connectivity index (χ3v) is 5.90. The molecule has 7 heteroatoms. The van der Waals surface area contributed by atoms with Crippen molar-refractivity contribution in [3.8, 4) is 0 Å². The van der Waals surface area contributed by atoms with E-state index in [4.69, 9.17) is 22.1 Å². The van der Waals surface area contributed by atoms with Crippen LogP contribution >= 0.6 is 11.6 Å². The molecule has 1 aliphatic rings. The molecule has 112 valence electrons. The van der Waals surface area contributed by atoms with Gasteiger partial charge in [-0.15, -0.1) is 0 Å². The van der Waals surface area contributed by atoms with Crippen molar-refractivity contribution >= 4 is 27.3 Å². The van der Waals surface area contributed by atoms with Gasteiger partial charge in [0, 0.05) is 25.2 Å². The Bertz CT molecular complexity index is 591. The summed E-state index contributed by atoms with van der Waals surface area (Å²) in [5.74, 6) is 0.336. The number of hydrogen-bond donors (Lipinski definition) is 1. The van der Waals surface area contributed by atoms with E-state index in [0.717, 1.165) is 6.42 Å². The van der Waals surface area contributed by atoms with Gasteiger partial charge in [0.1, 0.15) is 4.90 Å². The number of benzene rings is 1. The Kier molecular flexibility index (Phi) is 4.59. The van der Waals surface area contributed by atoms with Crippen LogP contribution in [0.4, 0.5) is 5.69 Å². The number of hydrogen-bond acceptors (Lipinski definition) is 4. The molecule has 0 radical (unpaired) electrons. The summed E-state index contributed by atoms with van der Waals surface area (Å²) >= 11 is 5.88. The van der Waals surface area contributed by atoms with E-state index >= 15 is 0 Å². The van der Waals surface area contributed by atoms with Crippen molar-refractivity contribution in [3.63, 3.8) is 0 Å². The lowest BCUT2D eigenvalue weighted by molar-refractivity contribution is 0.0184. The number of nitrogens with two attached hydrogens (primary N) is 1. The zero-order valence-electron chi connectivity index (χ0n) is 11.5. The molecule has 0 aliphatic carbocycles. The Morgan fingerprint density at radius 2 is 2.15 bits per heavy atom. The molecule has 2 atom stereocenters. The van der Waals surface area contributed by atoms with Gasteiger partial charge in [0.05, 0.1) is 11.8 Å². The molecule has 2 rings (SSSR count).